The van der Waals surface area contributed by atoms with E-state index in [1.807, 2.05) is 13.0 Å². The molecule has 0 N–H and O–H groups in total. The van der Waals surface area contributed by atoms with E-state index in [4.69, 9.17) is 23.2 Å². The number of alkyl halides is 3. The van der Waals surface area contributed by atoms with Crippen LogP contribution >= 0.6 is 23.2 Å². The van der Waals surface area contributed by atoms with Crippen molar-refractivity contribution in [3.05, 3.63) is 62.4 Å². The first-order valence-corrected chi connectivity index (χ1v) is 8.88. The van der Waals surface area contributed by atoms with Crippen molar-refractivity contribution < 1.29 is 13.2 Å². The Morgan fingerprint density at radius 3 is 2.46 bits per heavy atom. The van der Waals surface area contributed by atoms with Crippen LogP contribution in [0, 0.1) is 6.92 Å². The molecule has 0 aliphatic carbocycles. The summed E-state index contributed by atoms with van der Waals surface area (Å²) in [6.45, 7) is 3.63. The quantitative estimate of drug-likeness (QED) is 0.499. The van der Waals surface area contributed by atoms with Gasteiger partial charge in [0.05, 0.1) is 16.6 Å². The van der Waals surface area contributed by atoms with E-state index in [0.717, 1.165) is 29.7 Å². The second kappa shape index (κ2) is 6.78. The molecule has 0 aliphatic heterocycles. The Morgan fingerprint density at radius 1 is 1.15 bits per heavy atom. The van der Waals surface area contributed by atoms with Crippen LogP contribution in [-0.2, 0) is 26.1 Å². The van der Waals surface area contributed by atoms with Crippen molar-refractivity contribution in [1.82, 2.24) is 9.55 Å². The summed E-state index contributed by atoms with van der Waals surface area (Å²) in [6.07, 6.45) is -3.29. The van der Waals surface area contributed by atoms with E-state index in [0.29, 0.717) is 38.9 Å². The fraction of sp³-hybridized carbons (Fsp3) is 0.316. The number of nitrogens with zero attached hydrogens (tertiary/aromatic N) is 2. The van der Waals surface area contributed by atoms with Crippen LogP contribution in [0.1, 0.15) is 35.0 Å². The van der Waals surface area contributed by atoms with E-state index in [9.17, 15) is 13.2 Å². The van der Waals surface area contributed by atoms with Crippen LogP contribution < -0.4 is 0 Å². The van der Waals surface area contributed by atoms with Crippen LogP contribution in [0.3, 0.4) is 0 Å². The van der Waals surface area contributed by atoms with Crippen molar-refractivity contribution in [2.24, 2.45) is 7.05 Å². The zero-order valence-electron chi connectivity index (χ0n) is 14.5. The zero-order valence-corrected chi connectivity index (χ0v) is 16.0. The third kappa shape index (κ3) is 3.30. The van der Waals surface area contributed by atoms with Gasteiger partial charge in [0.1, 0.15) is 5.82 Å². The number of aromatic nitrogens is 2. The molecule has 2 aromatic carbocycles. The highest BCUT2D eigenvalue weighted by atomic mass is 35.5. The van der Waals surface area contributed by atoms with Crippen LogP contribution in [0.15, 0.2) is 24.3 Å². The molecule has 0 spiro atoms. The summed E-state index contributed by atoms with van der Waals surface area (Å²) < 4.78 is 41.0. The van der Waals surface area contributed by atoms with Crippen molar-refractivity contribution in [1.29, 1.82) is 0 Å². The second-order valence-corrected chi connectivity index (χ2v) is 7.06. The van der Waals surface area contributed by atoms with E-state index in [-0.39, 0.29) is 0 Å². The van der Waals surface area contributed by atoms with Gasteiger partial charge in [0.2, 0.25) is 0 Å². The lowest BCUT2D eigenvalue weighted by molar-refractivity contribution is -0.137. The average molecular weight is 401 g/mol. The number of benzene rings is 2. The number of halogens is 5. The van der Waals surface area contributed by atoms with Gasteiger partial charge in [-0.15, -0.1) is 0 Å². The first-order valence-electron chi connectivity index (χ1n) is 8.12. The highest BCUT2D eigenvalue weighted by Gasteiger charge is 2.31. The minimum absolute atomic E-state index is 0.345. The smallest absolute Gasteiger partial charge is 0.331 e. The number of imidazole rings is 1. The molecule has 0 saturated carbocycles. The predicted octanol–water partition coefficient (Wildman–Crippen LogP) is 6.36. The van der Waals surface area contributed by atoms with E-state index < -0.39 is 11.7 Å². The third-order valence-electron chi connectivity index (χ3n) is 4.58. The van der Waals surface area contributed by atoms with Gasteiger partial charge in [-0.2, -0.15) is 13.2 Å². The number of aryl methyl sites for hydroxylation is 3. The number of hydrogen-bond donors (Lipinski definition) is 0. The van der Waals surface area contributed by atoms with E-state index in [1.165, 1.54) is 0 Å². The first-order chi connectivity index (χ1) is 12.1. The van der Waals surface area contributed by atoms with E-state index >= 15 is 0 Å². The Bertz CT molecular complexity index is 991. The number of fused-ring (bicyclic) bond motifs is 1. The normalized spacial score (nSPS) is 12.2. The monoisotopic (exact) mass is 400 g/mol. The third-order valence-corrected chi connectivity index (χ3v) is 5.40. The van der Waals surface area contributed by atoms with Gasteiger partial charge in [0, 0.05) is 23.5 Å². The van der Waals surface area contributed by atoms with Gasteiger partial charge < -0.3 is 4.57 Å². The molecule has 138 valence electrons. The molecular weight excluding hydrogens is 384 g/mol. The molecule has 0 atom stereocenters. The van der Waals surface area contributed by atoms with Crippen molar-refractivity contribution in [3.63, 3.8) is 0 Å². The summed E-state index contributed by atoms with van der Waals surface area (Å²) in [6, 6.07) is 5.92. The lowest BCUT2D eigenvalue weighted by Gasteiger charge is -2.11. The van der Waals surface area contributed by atoms with Crippen LogP contribution in [0.2, 0.25) is 10.0 Å². The standard InChI is InChI=1S/C19H17Cl2F3N2/c1-4-11-5-6-14(20)13(17(11)21)9-16-25-18-10(2)7-12(19(22,23)24)8-15(18)26(16)3/h5-8H,4,9H2,1-3H3. The van der Waals surface area contributed by atoms with Crippen molar-refractivity contribution in [2.75, 3.05) is 0 Å². The Hall–Kier alpha value is -1.72. The Labute approximate surface area is 159 Å². The first kappa shape index (κ1) is 19.1. The number of hydrogen-bond acceptors (Lipinski definition) is 1. The van der Waals surface area contributed by atoms with Crippen LogP contribution in [0.4, 0.5) is 13.2 Å². The fourth-order valence-electron chi connectivity index (χ4n) is 3.07. The molecule has 3 rings (SSSR count). The summed E-state index contributed by atoms with van der Waals surface area (Å²) >= 11 is 12.8. The fourth-order valence-corrected chi connectivity index (χ4v) is 3.70. The second-order valence-electron chi connectivity index (χ2n) is 6.28. The minimum atomic E-state index is -4.40. The summed E-state index contributed by atoms with van der Waals surface area (Å²) in [4.78, 5) is 4.55. The molecule has 0 radical (unpaired) electrons. The summed E-state index contributed by atoms with van der Waals surface area (Å²) in [5, 5.41) is 1.10. The molecule has 26 heavy (non-hydrogen) atoms. The number of rotatable bonds is 3. The Kier molecular flexibility index (Phi) is 4.97. The van der Waals surface area contributed by atoms with Gasteiger partial charge in [0.25, 0.3) is 0 Å². The SMILES string of the molecule is CCc1ccc(Cl)c(Cc2nc3c(C)cc(C(F)(F)F)cc3n2C)c1Cl. The van der Waals surface area contributed by atoms with Gasteiger partial charge in [0.15, 0.2) is 0 Å². The van der Waals surface area contributed by atoms with Gasteiger partial charge in [-0.05, 0) is 48.2 Å². The topological polar surface area (TPSA) is 17.8 Å². The Balaban J connectivity index is 2.13. The molecule has 0 unspecified atom stereocenters. The molecule has 1 heterocycles. The maximum Gasteiger partial charge on any atom is 0.416 e. The molecule has 0 fully saturated rings. The highest BCUT2D eigenvalue weighted by Crippen LogP contribution is 2.35. The molecule has 0 aliphatic rings. The molecule has 2 nitrogen and oxygen atoms in total. The molecule has 0 amide bonds. The molecule has 1 aromatic heterocycles. The summed E-state index contributed by atoms with van der Waals surface area (Å²) in [5.74, 6) is 0.611. The Morgan fingerprint density at radius 2 is 1.85 bits per heavy atom. The van der Waals surface area contributed by atoms with E-state index in [2.05, 4.69) is 4.98 Å². The molecule has 7 heteroatoms. The summed E-state index contributed by atoms with van der Waals surface area (Å²) in [7, 11) is 1.70. The largest absolute Gasteiger partial charge is 0.416 e. The predicted molar refractivity (Wildman–Crippen MR) is 99.1 cm³/mol. The van der Waals surface area contributed by atoms with Crippen molar-refractivity contribution >= 4 is 34.2 Å². The molecular formula is C19H17Cl2F3N2. The molecule has 3 aromatic rings. The van der Waals surface area contributed by atoms with Crippen LogP contribution in [0.5, 0.6) is 0 Å². The van der Waals surface area contributed by atoms with Crippen LogP contribution in [0.25, 0.3) is 11.0 Å². The zero-order chi connectivity index (χ0) is 19.2. The van der Waals surface area contributed by atoms with Gasteiger partial charge in [-0.1, -0.05) is 36.2 Å². The molecule has 0 saturated heterocycles. The van der Waals surface area contributed by atoms with E-state index in [1.54, 1.807) is 24.6 Å². The van der Waals surface area contributed by atoms with Gasteiger partial charge in [-0.25, -0.2) is 4.98 Å². The lowest BCUT2D eigenvalue weighted by Crippen LogP contribution is -2.06. The lowest BCUT2D eigenvalue weighted by atomic mass is 10.1. The summed E-state index contributed by atoms with van der Waals surface area (Å²) in [5.41, 5.74) is 2.50. The van der Waals surface area contributed by atoms with Crippen molar-refractivity contribution in [3.8, 4) is 0 Å². The minimum Gasteiger partial charge on any atom is -0.331 e. The van der Waals surface area contributed by atoms with Crippen molar-refractivity contribution in [2.45, 2.75) is 32.9 Å². The van der Waals surface area contributed by atoms with Crippen LogP contribution in [-0.4, -0.2) is 9.55 Å². The maximum absolute atomic E-state index is 13.1. The maximum atomic E-state index is 13.1. The van der Waals surface area contributed by atoms with Gasteiger partial charge >= 0.3 is 6.18 Å². The highest BCUT2D eigenvalue weighted by molar-refractivity contribution is 6.36. The molecule has 0 bridgehead atoms. The van der Waals surface area contributed by atoms with Gasteiger partial charge in [-0.3, -0.25) is 0 Å². The average Bonchev–Trinajstić information content (AvgIpc) is 2.88.